The molecule has 0 aliphatic carbocycles. The second kappa shape index (κ2) is 8.45. The van der Waals surface area contributed by atoms with Crippen molar-refractivity contribution < 1.29 is 9.18 Å². The summed E-state index contributed by atoms with van der Waals surface area (Å²) in [5.74, 6) is -0.00834. The van der Waals surface area contributed by atoms with Gasteiger partial charge in [0.1, 0.15) is 5.82 Å². The van der Waals surface area contributed by atoms with Crippen molar-refractivity contribution in [1.29, 1.82) is 0 Å². The molecule has 1 N–H and O–H groups in total. The van der Waals surface area contributed by atoms with Gasteiger partial charge in [0.15, 0.2) is 0 Å². The summed E-state index contributed by atoms with van der Waals surface area (Å²) >= 11 is 0. The van der Waals surface area contributed by atoms with Crippen molar-refractivity contribution >= 4 is 11.6 Å². The molecule has 1 heterocycles. The second-order valence-corrected chi connectivity index (χ2v) is 7.13. The number of carbonyl (C=O) groups is 1. The van der Waals surface area contributed by atoms with Gasteiger partial charge in [0.2, 0.25) is 5.91 Å². The molecule has 1 fully saturated rings. The summed E-state index contributed by atoms with van der Waals surface area (Å²) in [5.41, 5.74) is 4.40. The van der Waals surface area contributed by atoms with Gasteiger partial charge in [-0.25, -0.2) is 4.39 Å². The van der Waals surface area contributed by atoms with Crippen LogP contribution in [-0.4, -0.2) is 23.9 Å². The fraction of sp³-hybridized carbons (Fsp3) is 0.409. The van der Waals surface area contributed by atoms with E-state index >= 15 is 0 Å². The first kappa shape index (κ1) is 18.6. The van der Waals surface area contributed by atoms with E-state index in [-0.39, 0.29) is 17.6 Å². The number of hydrogen-bond donors (Lipinski definition) is 1. The first-order valence-electron chi connectivity index (χ1n) is 9.43. The molecule has 2 aromatic rings. The van der Waals surface area contributed by atoms with Crippen molar-refractivity contribution in [3.05, 3.63) is 65.0 Å². The molecule has 3 rings (SSSR count). The van der Waals surface area contributed by atoms with Crippen molar-refractivity contribution in [2.75, 3.05) is 18.4 Å². The highest BCUT2D eigenvalue weighted by molar-refractivity contribution is 5.94. The lowest BCUT2D eigenvalue weighted by molar-refractivity contribution is -0.121. The largest absolute Gasteiger partial charge is 0.325 e. The molecule has 1 aliphatic rings. The van der Waals surface area contributed by atoms with Gasteiger partial charge in [-0.2, -0.15) is 0 Å². The molecule has 0 bridgehead atoms. The van der Waals surface area contributed by atoms with Crippen LogP contribution in [0.4, 0.5) is 10.1 Å². The minimum Gasteiger partial charge on any atom is -0.325 e. The molecule has 26 heavy (non-hydrogen) atoms. The molecular formula is C22H27FN2O. The Kier molecular flexibility index (Phi) is 6.04. The molecule has 1 amide bonds. The summed E-state index contributed by atoms with van der Waals surface area (Å²) in [6, 6.07) is 12.8. The van der Waals surface area contributed by atoms with Crippen molar-refractivity contribution in [3.63, 3.8) is 0 Å². The molecule has 0 radical (unpaired) electrons. The molecule has 0 aromatic heterocycles. The number of para-hydroxylation sites is 1. The summed E-state index contributed by atoms with van der Waals surface area (Å²) in [6.45, 7) is 6.75. The molecular weight excluding hydrogens is 327 g/mol. The third-order valence-corrected chi connectivity index (χ3v) is 5.27. The van der Waals surface area contributed by atoms with Crippen LogP contribution < -0.4 is 5.32 Å². The molecule has 1 saturated heterocycles. The molecule has 0 saturated carbocycles. The van der Waals surface area contributed by atoms with Gasteiger partial charge >= 0.3 is 0 Å². The number of aryl methyl sites for hydroxylation is 2. The summed E-state index contributed by atoms with van der Waals surface area (Å²) < 4.78 is 13.0. The molecule has 4 heteroatoms. The van der Waals surface area contributed by atoms with Crippen molar-refractivity contribution in [1.82, 2.24) is 4.90 Å². The van der Waals surface area contributed by atoms with Gasteiger partial charge < -0.3 is 5.32 Å². The maximum Gasteiger partial charge on any atom is 0.227 e. The van der Waals surface area contributed by atoms with E-state index in [4.69, 9.17) is 0 Å². The van der Waals surface area contributed by atoms with Gasteiger partial charge in [-0.05, 0) is 68.1 Å². The average Bonchev–Trinajstić information content (AvgIpc) is 2.65. The van der Waals surface area contributed by atoms with E-state index in [1.807, 2.05) is 31.2 Å². The number of nitrogens with one attached hydrogen (secondary N) is 1. The molecule has 2 aromatic carbocycles. The number of piperidine rings is 1. The summed E-state index contributed by atoms with van der Waals surface area (Å²) in [4.78, 5) is 15.1. The number of nitrogens with zero attached hydrogens (tertiary/aromatic N) is 1. The van der Waals surface area contributed by atoms with E-state index in [1.165, 1.54) is 17.7 Å². The van der Waals surface area contributed by atoms with Gasteiger partial charge in [0, 0.05) is 18.2 Å². The maximum absolute atomic E-state index is 13.0. The standard InChI is InChI=1S/C22H27FN2O/c1-3-18-6-4-5-16(2)21(18)24-22(26)19-11-13-25(14-12-19)15-17-7-9-20(23)10-8-17/h4-10,19H,3,11-15H2,1-2H3,(H,24,26). The molecule has 138 valence electrons. The lowest BCUT2D eigenvalue weighted by Gasteiger charge is -2.31. The van der Waals surface area contributed by atoms with Crippen LogP contribution in [0.25, 0.3) is 0 Å². The summed E-state index contributed by atoms with van der Waals surface area (Å²) in [7, 11) is 0. The normalized spacial score (nSPS) is 15.8. The van der Waals surface area contributed by atoms with Crippen LogP contribution in [0.2, 0.25) is 0 Å². The Balaban J connectivity index is 1.55. The third kappa shape index (κ3) is 4.50. The van der Waals surface area contributed by atoms with Gasteiger partial charge in [-0.1, -0.05) is 37.3 Å². The van der Waals surface area contributed by atoms with Gasteiger partial charge in [0.05, 0.1) is 0 Å². The molecule has 3 nitrogen and oxygen atoms in total. The average molecular weight is 354 g/mol. The topological polar surface area (TPSA) is 32.3 Å². The minimum atomic E-state index is -0.202. The first-order valence-corrected chi connectivity index (χ1v) is 9.43. The number of benzene rings is 2. The fourth-order valence-corrected chi connectivity index (χ4v) is 3.63. The summed E-state index contributed by atoms with van der Waals surface area (Å²) in [6.07, 6.45) is 2.63. The highest BCUT2D eigenvalue weighted by Gasteiger charge is 2.25. The zero-order valence-electron chi connectivity index (χ0n) is 15.6. The zero-order valence-corrected chi connectivity index (χ0v) is 15.6. The first-order chi connectivity index (χ1) is 12.6. The number of anilines is 1. The number of hydrogen-bond acceptors (Lipinski definition) is 2. The lowest BCUT2D eigenvalue weighted by atomic mass is 9.95. The Hall–Kier alpha value is -2.20. The predicted molar refractivity (Wildman–Crippen MR) is 104 cm³/mol. The van der Waals surface area contributed by atoms with Gasteiger partial charge in [-0.3, -0.25) is 9.69 Å². The van der Waals surface area contributed by atoms with Crippen LogP contribution in [0.3, 0.4) is 0 Å². The lowest BCUT2D eigenvalue weighted by Crippen LogP contribution is -2.37. The Morgan fingerprint density at radius 2 is 1.85 bits per heavy atom. The van der Waals surface area contributed by atoms with Crippen LogP contribution in [0.1, 0.15) is 36.5 Å². The molecule has 0 atom stereocenters. The number of rotatable bonds is 5. The highest BCUT2D eigenvalue weighted by Crippen LogP contribution is 2.25. The molecule has 0 spiro atoms. The van der Waals surface area contributed by atoms with Crippen molar-refractivity contribution in [3.8, 4) is 0 Å². The predicted octanol–water partition coefficient (Wildman–Crippen LogP) is 4.55. The Bertz CT molecular complexity index is 749. The van der Waals surface area contributed by atoms with Gasteiger partial charge in [-0.15, -0.1) is 0 Å². The summed E-state index contributed by atoms with van der Waals surface area (Å²) in [5, 5.41) is 3.17. The van der Waals surface area contributed by atoms with E-state index in [9.17, 15) is 9.18 Å². The SMILES string of the molecule is CCc1cccc(C)c1NC(=O)C1CCN(Cc2ccc(F)cc2)CC1. The number of halogens is 1. The van der Waals surface area contributed by atoms with Crippen LogP contribution in [0, 0.1) is 18.7 Å². The van der Waals surface area contributed by atoms with E-state index in [0.29, 0.717) is 0 Å². The number of likely N-dealkylation sites (tertiary alicyclic amines) is 1. The van der Waals surface area contributed by atoms with Crippen LogP contribution in [-0.2, 0) is 17.8 Å². The Morgan fingerprint density at radius 1 is 1.15 bits per heavy atom. The number of amides is 1. The second-order valence-electron chi connectivity index (χ2n) is 7.13. The third-order valence-electron chi connectivity index (χ3n) is 5.27. The monoisotopic (exact) mass is 354 g/mol. The van der Waals surface area contributed by atoms with Crippen molar-refractivity contribution in [2.45, 2.75) is 39.7 Å². The van der Waals surface area contributed by atoms with E-state index in [1.54, 1.807) is 0 Å². The van der Waals surface area contributed by atoms with Crippen LogP contribution >= 0.6 is 0 Å². The van der Waals surface area contributed by atoms with E-state index in [0.717, 1.165) is 55.7 Å². The smallest absolute Gasteiger partial charge is 0.227 e. The highest BCUT2D eigenvalue weighted by atomic mass is 19.1. The fourth-order valence-electron chi connectivity index (χ4n) is 3.63. The molecule has 0 unspecified atom stereocenters. The number of carbonyl (C=O) groups excluding carboxylic acids is 1. The van der Waals surface area contributed by atoms with Crippen LogP contribution in [0.5, 0.6) is 0 Å². The van der Waals surface area contributed by atoms with E-state index < -0.39 is 0 Å². The Morgan fingerprint density at radius 3 is 2.50 bits per heavy atom. The minimum absolute atomic E-state index is 0.0591. The zero-order chi connectivity index (χ0) is 18.5. The Labute approximate surface area is 155 Å². The maximum atomic E-state index is 13.0. The van der Waals surface area contributed by atoms with Crippen molar-refractivity contribution in [2.24, 2.45) is 5.92 Å². The van der Waals surface area contributed by atoms with E-state index in [2.05, 4.69) is 23.2 Å². The molecule has 1 aliphatic heterocycles. The quantitative estimate of drug-likeness (QED) is 0.854. The van der Waals surface area contributed by atoms with Gasteiger partial charge in [0.25, 0.3) is 0 Å². The van der Waals surface area contributed by atoms with Crippen LogP contribution in [0.15, 0.2) is 42.5 Å².